The van der Waals surface area contributed by atoms with E-state index in [2.05, 4.69) is 0 Å². The minimum Gasteiger partial charge on any atom is -0.343 e. The van der Waals surface area contributed by atoms with Crippen molar-refractivity contribution in [3.8, 4) is 11.1 Å². The SMILES string of the molecule is CC(=O)N1CCC(CSc2ccc(-c3ccc(F)c(F)c3)cc2)CC1. The van der Waals surface area contributed by atoms with Crippen molar-refractivity contribution < 1.29 is 13.6 Å². The number of rotatable bonds is 4. The van der Waals surface area contributed by atoms with Gasteiger partial charge in [-0.15, -0.1) is 11.8 Å². The molecule has 1 heterocycles. The monoisotopic (exact) mass is 361 g/mol. The molecule has 3 rings (SSSR count). The third-order valence-electron chi connectivity index (χ3n) is 4.65. The van der Waals surface area contributed by atoms with Crippen LogP contribution in [0.25, 0.3) is 11.1 Å². The highest BCUT2D eigenvalue weighted by Crippen LogP contribution is 2.29. The lowest BCUT2D eigenvalue weighted by atomic mass is 9.99. The molecule has 1 fully saturated rings. The van der Waals surface area contributed by atoms with Crippen LogP contribution in [0, 0.1) is 17.6 Å². The van der Waals surface area contributed by atoms with Crippen LogP contribution in [0.2, 0.25) is 0 Å². The van der Waals surface area contributed by atoms with Gasteiger partial charge in [0.1, 0.15) is 0 Å². The van der Waals surface area contributed by atoms with Crippen LogP contribution in [0.15, 0.2) is 47.4 Å². The normalized spacial score (nSPS) is 15.4. The summed E-state index contributed by atoms with van der Waals surface area (Å²) in [6, 6.07) is 11.9. The van der Waals surface area contributed by atoms with E-state index < -0.39 is 11.6 Å². The summed E-state index contributed by atoms with van der Waals surface area (Å²) in [7, 11) is 0. The average molecular weight is 361 g/mol. The van der Waals surface area contributed by atoms with Crippen molar-refractivity contribution in [2.45, 2.75) is 24.7 Å². The van der Waals surface area contributed by atoms with Crippen LogP contribution in [0.1, 0.15) is 19.8 Å². The molecule has 0 spiro atoms. The van der Waals surface area contributed by atoms with Crippen molar-refractivity contribution in [3.05, 3.63) is 54.1 Å². The molecule has 1 amide bonds. The van der Waals surface area contributed by atoms with Crippen LogP contribution in [-0.4, -0.2) is 29.6 Å². The fraction of sp³-hybridized carbons (Fsp3) is 0.350. The Kier molecular flexibility index (Phi) is 5.74. The van der Waals surface area contributed by atoms with E-state index in [4.69, 9.17) is 0 Å². The Labute approximate surface area is 151 Å². The number of hydrogen-bond acceptors (Lipinski definition) is 2. The van der Waals surface area contributed by atoms with Crippen LogP contribution in [-0.2, 0) is 4.79 Å². The number of halogens is 2. The molecular weight excluding hydrogens is 340 g/mol. The number of nitrogens with zero attached hydrogens (tertiary/aromatic N) is 1. The van der Waals surface area contributed by atoms with Crippen LogP contribution >= 0.6 is 11.8 Å². The van der Waals surface area contributed by atoms with Gasteiger partial charge >= 0.3 is 0 Å². The van der Waals surface area contributed by atoms with Crippen molar-refractivity contribution >= 4 is 17.7 Å². The second kappa shape index (κ2) is 8.00. The zero-order valence-electron chi connectivity index (χ0n) is 14.2. The number of carbonyl (C=O) groups excluding carboxylic acids is 1. The van der Waals surface area contributed by atoms with E-state index in [0.29, 0.717) is 11.5 Å². The molecule has 5 heteroatoms. The number of piperidine rings is 1. The maximum Gasteiger partial charge on any atom is 0.219 e. The first-order chi connectivity index (χ1) is 12.0. The number of benzene rings is 2. The van der Waals surface area contributed by atoms with Gasteiger partial charge < -0.3 is 4.90 Å². The number of amides is 1. The third kappa shape index (κ3) is 4.60. The molecule has 25 heavy (non-hydrogen) atoms. The highest BCUT2D eigenvalue weighted by atomic mass is 32.2. The average Bonchev–Trinajstić information content (AvgIpc) is 2.63. The Morgan fingerprint density at radius 2 is 1.68 bits per heavy atom. The standard InChI is InChI=1S/C20H21F2NOS/c1-14(24)23-10-8-15(9-11-23)13-25-18-5-2-16(3-6-18)17-4-7-19(21)20(22)12-17/h2-7,12,15H,8-11,13H2,1H3. The molecule has 0 radical (unpaired) electrons. The summed E-state index contributed by atoms with van der Waals surface area (Å²) in [5.41, 5.74) is 1.55. The number of likely N-dealkylation sites (tertiary alicyclic amines) is 1. The van der Waals surface area contributed by atoms with E-state index in [1.54, 1.807) is 13.0 Å². The zero-order valence-corrected chi connectivity index (χ0v) is 15.0. The molecule has 2 aromatic rings. The molecule has 0 bridgehead atoms. The van der Waals surface area contributed by atoms with Gasteiger partial charge in [-0.05, 0) is 54.2 Å². The smallest absolute Gasteiger partial charge is 0.219 e. The largest absolute Gasteiger partial charge is 0.343 e. The van der Waals surface area contributed by atoms with Crippen LogP contribution in [0.3, 0.4) is 0 Å². The van der Waals surface area contributed by atoms with Gasteiger partial charge in [0.2, 0.25) is 5.91 Å². The van der Waals surface area contributed by atoms with E-state index in [-0.39, 0.29) is 5.91 Å². The summed E-state index contributed by atoms with van der Waals surface area (Å²) in [5, 5.41) is 0. The van der Waals surface area contributed by atoms with Crippen LogP contribution in [0.4, 0.5) is 8.78 Å². The lowest BCUT2D eigenvalue weighted by Crippen LogP contribution is -2.37. The molecule has 1 saturated heterocycles. The summed E-state index contributed by atoms with van der Waals surface area (Å²) in [5.74, 6) is 0.181. The number of carbonyl (C=O) groups is 1. The van der Waals surface area contributed by atoms with Crippen LogP contribution < -0.4 is 0 Å². The van der Waals surface area contributed by atoms with Gasteiger partial charge in [0.05, 0.1) is 0 Å². The molecule has 2 nitrogen and oxygen atoms in total. The predicted molar refractivity (Wildman–Crippen MR) is 97.5 cm³/mol. The van der Waals surface area contributed by atoms with Crippen molar-refractivity contribution in [1.29, 1.82) is 0 Å². The minimum atomic E-state index is -0.827. The summed E-state index contributed by atoms with van der Waals surface area (Å²) >= 11 is 1.81. The summed E-state index contributed by atoms with van der Waals surface area (Å²) in [4.78, 5) is 14.4. The first-order valence-corrected chi connectivity index (χ1v) is 9.45. The zero-order chi connectivity index (χ0) is 17.8. The molecule has 0 N–H and O–H groups in total. The van der Waals surface area contributed by atoms with Gasteiger partial charge in [0.25, 0.3) is 0 Å². The molecule has 1 aliphatic heterocycles. The Morgan fingerprint density at radius 1 is 1.04 bits per heavy atom. The lowest BCUT2D eigenvalue weighted by molar-refractivity contribution is -0.130. The van der Waals surface area contributed by atoms with Gasteiger partial charge in [-0.2, -0.15) is 0 Å². The predicted octanol–water partition coefficient (Wildman–Crippen LogP) is 4.98. The number of hydrogen-bond donors (Lipinski definition) is 0. The summed E-state index contributed by atoms with van der Waals surface area (Å²) in [6.45, 7) is 3.34. The summed E-state index contributed by atoms with van der Waals surface area (Å²) < 4.78 is 26.4. The molecule has 0 unspecified atom stereocenters. The minimum absolute atomic E-state index is 0.166. The molecule has 0 saturated carbocycles. The van der Waals surface area contributed by atoms with Crippen LogP contribution in [0.5, 0.6) is 0 Å². The van der Waals surface area contributed by atoms with Crippen molar-refractivity contribution in [1.82, 2.24) is 4.90 Å². The molecule has 0 aliphatic carbocycles. The first-order valence-electron chi connectivity index (χ1n) is 8.47. The van der Waals surface area contributed by atoms with Gasteiger partial charge in [-0.1, -0.05) is 18.2 Å². The fourth-order valence-corrected chi connectivity index (χ4v) is 4.14. The second-order valence-corrected chi connectivity index (χ2v) is 7.51. The van der Waals surface area contributed by atoms with E-state index in [9.17, 15) is 13.6 Å². The Bertz CT molecular complexity index is 740. The number of thioether (sulfide) groups is 1. The Balaban J connectivity index is 1.54. The molecule has 2 aromatic carbocycles. The van der Waals surface area contributed by atoms with Gasteiger partial charge in [-0.3, -0.25) is 4.79 Å². The van der Waals surface area contributed by atoms with Crippen molar-refractivity contribution in [2.75, 3.05) is 18.8 Å². The second-order valence-electron chi connectivity index (χ2n) is 6.41. The lowest BCUT2D eigenvalue weighted by Gasteiger charge is -2.31. The van der Waals surface area contributed by atoms with Crippen molar-refractivity contribution in [3.63, 3.8) is 0 Å². The van der Waals surface area contributed by atoms with Crippen molar-refractivity contribution in [2.24, 2.45) is 5.92 Å². The molecule has 0 atom stereocenters. The Hall–Kier alpha value is -1.88. The van der Waals surface area contributed by atoms with Gasteiger partial charge in [0.15, 0.2) is 11.6 Å². The van der Waals surface area contributed by atoms with E-state index in [0.717, 1.165) is 43.3 Å². The topological polar surface area (TPSA) is 20.3 Å². The molecular formula is C20H21F2NOS. The van der Waals surface area contributed by atoms with E-state index in [1.807, 2.05) is 40.9 Å². The van der Waals surface area contributed by atoms with Gasteiger partial charge in [-0.25, -0.2) is 8.78 Å². The molecule has 1 aliphatic rings. The highest BCUT2D eigenvalue weighted by Gasteiger charge is 2.20. The third-order valence-corrected chi connectivity index (χ3v) is 5.90. The fourth-order valence-electron chi connectivity index (χ4n) is 3.05. The quantitative estimate of drug-likeness (QED) is 0.716. The Morgan fingerprint density at radius 3 is 2.28 bits per heavy atom. The van der Waals surface area contributed by atoms with E-state index in [1.165, 1.54) is 11.0 Å². The molecule has 0 aromatic heterocycles. The first kappa shape index (κ1) is 17.9. The molecule has 132 valence electrons. The van der Waals surface area contributed by atoms with Gasteiger partial charge in [0, 0.05) is 30.7 Å². The highest BCUT2D eigenvalue weighted by molar-refractivity contribution is 7.99. The maximum absolute atomic E-state index is 13.3. The maximum atomic E-state index is 13.3. The summed E-state index contributed by atoms with van der Waals surface area (Å²) in [6.07, 6.45) is 2.11. The van der Waals surface area contributed by atoms with E-state index >= 15 is 0 Å².